The molecule has 0 bridgehead atoms. The molecule has 0 unspecified atom stereocenters. The third-order valence-corrected chi connectivity index (χ3v) is 5.52. The van der Waals surface area contributed by atoms with Gasteiger partial charge in [-0.15, -0.1) is 0 Å². The van der Waals surface area contributed by atoms with E-state index in [-0.39, 0.29) is 5.91 Å². The molecule has 1 amide bonds. The van der Waals surface area contributed by atoms with Crippen LogP contribution < -0.4 is 5.32 Å². The van der Waals surface area contributed by atoms with Crippen LogP contribution in [0.4, 0.5) is 5.82 Å². The molecule has 0 aliphatic carbocycles. The second-order valence-electron chi connectivity index (χ2n) is 6.63. The van der Waals surface area contributed by atoms with E-state index in [4.69, 9.17) is 10.2 Å². The monoisotopic (exact) mass is 387 g/mol. The Balaban J connectivity index is 1.69. The molecule has 138 valence electrons. The Labute approximate surface area is 166 Å². The van der Waals surface area contributed by atoms with Crippen LogP contribution in [-0.2, 0) is 0 Å². The number of benzene rings is 2. The van der Waals surface area contributed by atoms with E-state index >= 15 is 0 Å². The van der Waals surface area contributed by atoms with Crippen LogP contribution >= 0.6 is 11.3 Å². The normalized spacial score (nSPS) is 10.8. The number of nitriles is 1. The van der Waals surface area contributed by atoms with Gasteiger partial charge in [-0.3, -0.25) is 4.79 Å². The summed E-state index contributed by atoms with van der Waals surface area (Å²) in [5, 5.41) is 17.0. The van der Waals surface area contributed by atoms with Crippen LogP contribution in [0, 0.1) is 32.1 Å². The van der Waals surface area contributed by atoms with Crippen molar-refractivity contribution >= 4 is 33.3 Å². The van der Waals surface area contributed by atoms with Crippen LogP contribution in [-0.4, -0.2) is 20.7 Å². The van der Waals surface area contributed by atoms with Gasteiger partial charge < -0.3 is 5.32 Å². The molecule has 2 heterocycles. The number of anilines is 1. The van der Waals surface area contributed by atoms with Crippen LogP contribution in [0.1, 0.15) is 32.7 Å². The second-order valence-corrected chi connectivity index (χ2v) is 7.64. The van der Waals surface area contributed by atoms with Gasteiger partial charge in [-0.25, -0.2) is 4.98 Å². The maximum atomic E-state index is 12.6. The van der Waals surface area contributed by atoms with Gasteiger partial charge in [-0.2, -0.15) is 15.0 Å². The largest absolute Gasteiger partial charge is 0.306 e. The lowest BCUT2D eigenvalue weighted by Crippen LogP contribution is -2.15. The summed E-state index contributed by atoms with van der Waals surface area (Å²) in [7, 11) is 0. The Morgan fingerprint density at radius 3 is 2.54 bits per heavy atom. The van der Waals surface area contributed by atoms with Crippen LogP contribution in [0.15, 0.2) is 42.5 Å². The van der Waals surface area contributed by atoms with Gasteiger partial charge in [0.2, 0.25) is 5.13 Å². The van der Waals surface area contributed by atoms with E-state index in [1.165, 1.54) is 22.5 Å². The molecule has 0 saturated carbocycles. The number of nitrogens with zero attached hydrogens (tertiary/aromatic N) is 4. The number of hydrogen-bond acceptors (Lipinski definition) is 5. The molecule has 0 aliphatic heterocycles. The summed E-state index contributed by atoms with van der Waals surface area (Å²) >= 11 is 1.53. The topological polar surface area (TPSA) is 83.6 Å². The molecule has 0 aliphatic rings. The van der Waals surface area contributed by atoms with E-state index in [1.807, 2.05) is 19.1 Å². The van der Waals surface area contributed by atoms with Crippen LogP contribution in [0.25, 0.3) is 15.3 Å². The highest BCUT2D eigenvalue weighted by Crippen LogP contribution is 2.29. The van der Waals surface area contributed by atoms with E-state index < -0.39 is 0 Å². The van der Waals surface area contributed by atoms with Crippen LogP contribution in [0.5, 0.6) is 0 Å². The zero-order chi connectivity index (χ0) is 19.8. The maximum Gasteiger partial charge on any atom is 0.256 e. The fourth-order valence-corrected chi connectivity index (χ4v) is 3.89. The van der Waals surface area contributed by atoms with Crippen molar-refractivity contribution in [3.63, 3.8) is 0 Å². The lowest BCUT2D eigenvalue weighted by Gasteiger charge is -2.06. The maximum absolute atomic E-state index is 12.6. The smallest absolute Gasteiger partial charge is 0.256 e. The lowest BCUT2D eigenvalue weighted by atomic mass is 10.1. The molecule has 0 radical (unpaired) electrons. The minimum Gasteiger partial charge on any atom is -0.306 e. The Bertz CT molecular complexity index is 1210. The average Bonchev–Trinajstić information content (AvgIpc) is 3.24. The molecular weight excluding hydrogens is 370 g/mol. The number of nitrogens with one attached hydrogen (secondary N) is 1. The summed E-state index contributed by atoms with van der Waals surface area (Å²) in [6, 6.07) is 14.5. The first-order valence-electron chi connectivity index (χ1n) is 8.71. The summed E-state index contributed by atoms with van der Waals surface area (Å²) in [4.78, 5) is 17.3. The third-order valence-electron chi connectivity index (χ3n) is 4.52. The molecule has 0 fully saturated rings. The molecular formula is C21H17N5OS. The van der Waals surface area contributed by atoms with Gasteiger partial charge in [-0.1, -0.05) is 11.3 Å². The number of rotatable bonds is 3. The number of carbonyl (C=O) groups is 1. The summed E-state index contributed by atoms with van der Waals surface area (Å²) in [5.74, 6) is 0.290. The minimum absolute atomic E-state index is 0.265. The summed E-state index contributed by atoms with van der Waals surface area (Å²) in [5.41, 5.74) is 5.09. The first-order valence-corrected chi connectivity index (χ1v) is 9.52. The van der Waals surface area contributed by atoms with Crippen molar-refractivity contribution in [3.05, 3.63) is 70.4 Å². The highest BCUT2D eigenvalue weighted by atomic mass is 32.1. The third kappa shape index (κ3) is 3.26. The van der Waals surface area contributed by atoms with E-state index in [9.17, 15) is 4.79 Å². The number of fused-ring (bicyclic) bond motifs is 1. The molecule has 2 aromatic carbocycles. The van der Waals surface area contributed by atoms with E-state index in [2.05, 4.69) is 36.4 Å². The van der Waals surface area contributed by atoms with Crippen molar-refractivity contribution < 1.29 is 4.79 Å². The summed E-state index contributed by atoms with van der Waals surface area (Å²) in [6.45, 7) is 6.01. The molecule has 0 spiro atoms. The Morgan fingerprint density at radius 1 is 1.11 bits per heavy atom. The Hall–Kier alpha value is -3.50. The predicted molar refractivity (Wildman–Crippen MR) is 110 cm³/mol. The highest BCUT2D eigenvalue weighted by Gasteiger charge is 2.16. The zero-order valence-corrected chi connectivity index (χ0v) is 16.5. The molecule has 6 nitrogen and oxygen atoms in total. The SMILES string of the molecule is Cc1cc(NC(=O)c2ccc(C#N)cc2)n(-c2nc3cc(C)c(C)cc3s2)n1. The van der Waals surface area contributed by atoms with Gasteiger partial charge in [0.05, 0.1) is 27.5 Å². The number of aryl methyl sites for hydroxylation is 3. The average molecular weight is 387 g/mol. The standard InChI is InChI=1S/C21H17N5OS/c1-12-8-17-18(9-13(12)2)28-21(23-17)26-19(10-14(3)25-26)24-20(27)16-6-4-15(11-22)5-7-16/h4-10H,1-3H3,(H,24,27). The number of hydrogen-bond donors (Lipinski definition) is 1. The number of aromatic nitrogens is 3. The van der Waals surface area contributed by atoms with Crippen molar-refractivity contribution in [2.24, 2.45) is 0 Å². The second kappa shape index (κ2) is 6.91. The quantitative estimate of drug-likeness (QED) is 0.560. The van der Waals surface area contributed by atoms with Gasteiger partial charge in [-0.05, 0) is 68.3 Å². The van der Waals surface area contributed by atoms with E-state index in [0.29, 0.717) is 22.1 Å². The van der Waals surface area contributed by atoms with Crippen molar-refractivity contribution in [2.45, 2.75) is 20.8 Å². The van der Waals surface area contributed by atoms with Crippen molar-refractivity contribution in [3.8, 4) is 11.2 Å². The molecule has 7 heteroatoms. The fraction of sp³-hybridized carbons (Fsp3) is 0.143. The number of thiazole rings is 1. The molecule has 4 aromatic rings. The fourth-order valence-electron chi connectivity index (χ4n) is 2.88. The van der Waals surface area contributed by atoms with Gasteiger partial charge in [0, 0.05) is 11.6 Å². The first-order chi connectivity index (χ1) is 13.4. The first kappa shape index (κ1) is 17.9. The van der Waals surface area contributed by atoms with E-state index in [1.54, 1.807) is 28.9 Å². The molecule has 4 rings (SSSR count). The number of carbonyl (C=O) groups excluding carboxylic acids is 1. The summed E-state index contributed by atoms with van der Waals surface area (Å²) < 4.78 is 2.74. The molecule has 0 atom stereocenters. The zero-order valence-electron chi connectivity index (χ0n) is 15.6. The molecule has 2 aromatic heterocycles. The van der Waals surface area contributed by atoms with Gasteiger partial charge >= 0.3 is 0 Å². The van der Waals surface area contributed by atoms with Crippen LogP contribution in [0.3, 0.4) is 0 Å². The van der Waals surface area contributed by atoms with Gasteiger partial charge in [0.15, 0.2) is 0 Å². The van der Waals surface area contributed by atoms with Crippen LogP contribution in [0.2, 0.25) is 0 Å². The molecule has 28 heavy (non-hydrogen) atoms. The lowest BCUT2D eigenvalue weighted by molar-refractivity contribution is 0.102. The minimum atomic E-state index is -0.265. The molecule has 1 N–H and O–H groups in total. The summed E-state index contributed by atoms with van der Waals surface area (Å²) in [6.07, 6.45) is 0. The van der Waals surface area contributed by atoms with E-state index in [0.717, 1.165) is 15.9 Å². The van der Waals surface area contributed by atoms with Crippen molar-refractivity contribution in [2.75, 3.05) is 5.32 Å². The highest BCUT2D eigenvalue weighted by molar-refractivity contribution is 7.20. The van der Waals surface area contributed by atoms with Gasteiger partial charge in [0.1, 0.15) is 5.82 Å². The molecule has 0 saturated heterocycles. The predicted octanol–water partition coefficient (Wildman–Crippen LogP) is 4.53. The Morgan fingerprint density at radius 2 is 1.82 bits per heavy atom. The van der Waals surface area contributed by atoms with Crippen molar-refractivity contribution in [1.82, 2.24) is 14.8 Å². The Kier molecular flexibility index (Phi) is 4.41. The number of amides is 1. The van der Waals surface area contributed by atoms with Crippen molar-refractivity contribution in [1.29, 1.82) is 5.26 Å². The van der Waals surface area contributed by atoms with Gasteiger partial charge in [0.25, 0.3) is 5.91 Å².